The average Bonchev–Trinajstić information content (AvgIpc) is 2.14. The van der Waals surface area contributed by atoms with E-state index in [1.165, 1.54) is 38.5 Å². The SMILES string of the molecule is CCCCCCC[C@H](C)NCCO. The monoisotopic (exact) mass is 187 g/mol. The minimum atomic E-state index is 0.250. The van der Waals surface area contributed by atoms with Crippen molar-refractivity contribution in [2.75, 3.05) is 13.2 Å². The molecule has 2 nitrogen and oxygen atoms in total. The molecule has 0 fully saturated rings. The lowest BCUT2D eigenvalue weighted by Crippen LogP contribution is -2.28. The van der Waals surface area contributed by atoms with Gasteiger partial charge in [-0.25, -0.2) is 0 Å². The Morgan fingerprint density at radius 1 is 1.15 bits per heavy atom. The Morgan fingerprint density at radius 2 is 1.85 bits per heavy atom. The smallest absolute Gasteiger partial charge is 0.0556 e. The van der Waals surface area contributed by atoms with Gasteiger partial charge in [-0.05, 0) is 13.3 Å². The quantitative estimate of drug-likeness (QED) is 0.543. The third-order valence-electron chi connectivity index (χ3n) is 2.35. The number of unbranched alkanes of at least 4 members (excludes halogenated alkanes) is 4. The Morgan fingerprint density at radius 3 is 2.46 bits per heavy atom. The number of hydrogen-bond donors (Lipinski definition) is 2. The first-order valence-electron chi connectivity index (χ1n) is 5.65. The van der Waals surface area contributed by atoms with Crippen LogP contribution in [0.1, 0.15) is 52.4 Å². The molecule has 0 aliphatic heterocycles. The summed E-state index contributed by atoms with van der Waals surface area (Å²) in [5, 5.41) is 11.9. The molecule has 0 rings (SSSR count). The molecule has 0 saturated heterocycles. The zero-order valence-corrected chi connectivity index (χ0v) is 9.18. The zero-order chi connectivity index (χ0) is 9.94. The molecule has 0 amide bonds. The van der Waals surface area contributed by atoms with Crippen molar-refractivity contribution in [3.05, 3.63) is 0 Å². The van der Waals surface area contributed by atoms with Crippen molar-refractivity contribution in [3.63, 3.8) is 0 Å². The molecule has 2 N–H and O–H groups in total. The van der Waals surface area contributed by atoms with E-state index in [9.17, 15) is 0 Å². The highest BCUT2D eigenvalue weighted by molar-refractivity contribution is 4.59. The molecule has 2 heteroatoms. The largest absolute Gasteiger partial charge is 0.395 e. The third kappa shape index (κ3) is 9.84. The van der Waals surface area contributed by atoms with Crippen molar-refractivity contribution < 1.29 is 5.11 Å². The summed E-state index contributed by atoms with van der Waals surface area (Å²) in [7, 11) is 0. The van der Waals surface area contributed by atoms with Crippen LogP contribution >= 0.6 is 0 Å². The first-order chi connectivity index (χ1) is 6.31. The molecule has 0 heterocycles. The molecule has 0 aromatic heterocycles. The molecule has 0 aliphatic carbocycles. The Kier molecular flexibility index (Phi) is 9.94. The van der Waals surface area contributed by atoms with Crippen LogP contribution in [0.5, 0.6) is 0 Å². The van der Waals surface area contributed by atoms with Gasteiger partial charge in [0.25, 0.3) is 0 Å². The Hall–Kier alpha value is -0.0800. The molecule has 0 aromatic carbocycles. The van der Waals surface area contributed by atoms with E-state index in [0.717, 1.165) is 6.54 Å². The maximum absolute atomic E-state index is 8.59. The van der Waals surface area contributed by atoms with Crippen LogP contribution < -0.4 is 5.32 Å². The highest BCUT2D eigenvalue weighted by Crippen LogP contribution is 2.06. The van der Waals surface area contributed by atoms with Gasteiger partial charge >= 0.3 is 0 Å². The van der Waals surface area contributed by atoms with Crippen LogP contribution in [0.25, 0.3) is 0 Å². The summed E-state index contributed by atoms with van der Waals surface area (Å²) in [5.74, 6) is 0. The molecular formula is C11H25NO. The maximum Gasteiger partial charge on any atom is 0.0556 e. The van der Waals surface area contributed by atoms with Crippen LogP contribution in [-0.2, 0) is 0 Å². The number of nitrogens with one attached hydrogen (secondary N) is 1. The Balaban J connectivity index is 3.03. The van der Waals surface area contributed by atoms with Crippen LogP contribution in [0.2, 0.25) is 0 Å². The molecule has 0 spiro atoms. The average molecular weight is 187 g/mol. The summed E-state index contributed by atoms with van der Waals surface area (Å²) in [5.41, 5.74) is 0. The summed E-state index contributed by atoms with van der Waals surface area (Å²) in [6.45, 7) is 5.41. The van der Waals surface area contributed by atoms with Gasteiger partial charge in [0.1, 0.15) is 0 Å². The van der Waals surface area contributed by atoms with E-state index < -0.39 is 0 Å². The van der Waals surface area contributed by atoms with E-state index in [-0.39, 0.29) is 6.61 Å². The molecule has 0 unspecified atom stereocenters. The van der Waals surface area contributed by atoms with Crippen molar-refractivity contribution in [3.8, 4) is 0 Å². The zero-order valence-electron chi connectivity index (χ0n) is 9.18. The van der Waals surface area contributed by atoms with Crippen LogP contribution in [0.4, 0.5) is 0 Å². The molecule has 0 radical (unpaired) electrons. The van der Waals surface area contributed by atoms with E-state index in [1.807, 2.05) is 0 Å². The van der Waals surface area contributed by atoms with E-state index in [4.69, 9.17) is 5.11 Å². The Bertz CT molecular complexity index is 96.1. The third-order valence-corrected chi connectivity index (χ3v) is 2.35. The van der Waals surface area contributed by atoms with Crippen molar-refractivity contribution in [1.82, 2.24) is 5.32 Å². The fraction of sp³-hybridized carbons (Fsp3) is 1.00. The first-order valence-corrected chi connectivity index (χ1v) is 5.65. The van der Waals surface area contributed by atoms with Gasteiger partial charge in [-0.1, -0.05) is 39.0 Å². The molecule has 0 aromatic rings. The number of rotatable bonds is 9. The number of aliphatic hydroxyl groups excluding tert-OH is 1. The second kappa shape index (κ2) is 10.0. The van der Waals surface area contributed by atoms with Gasteiger partial charge in [-0.15, -0.1) is 0 Å². The van der Waals surface area contributed by atoms with Crippen molar-refractivity contribution in [2.45, 2.75) is 58.4 Å². The fourth-order valence-corrected chi connectivity index (χ4v) is 1.47. The summed E-state index contributed by atoms with van der Waals surface area (Å²) >= 11 is 0. The topological polar surface area (TPSA) is 32.3 Å². The predicted molar refractivity (Wildman–Crippen MR) is 57.9 cm³/mol. The van der Waals surface area contributed by atoms with Gasteiger partial charge in [0, 0.05) is 12.6 Å². The van der Waals surface area contributed by atoms with Crippen LogP contribution in [0.15, 0.2) is 0 Å². The predicted octanol–water partition coefficient (Wildman–Crippen LogP) is 2.32. The normalized spacial score (nSPS) is 13.2. The van der Waals surface area contributed by atoms with E-state index >= 15 is 0 Å². The molecule has 80 valence electrons. The lowest BCUT2D eigenvalue weighted by Gasteiger charge is -2.12. The van der Waals surface area contributed by atoms with Crippen LogP contribution in [0, 0.1) is 0 Å². The summed E-state index contributed by atoms with van der Waals surface area (Å²) in [6, 6.07) is 0.564. The minimum absolute atomic E-state index is 0.250. The molecular weight excluding hydrogens is 162 g/mol. The van der Waals surface area contributed by atoms with Gasteiger partial charge in [0.05, 0.1) is 6.61 Å². The molecule has 0 saturated carbocycles. The van der Waals surface area contributed by atoms with Crippen LogP contribution in [0.3, 0.4) is 0 Å². The maximum atomic E-state index is 8.59. The lowest BCUT2D eigenvalue weighted by atomic mass is 10.1. The number of hydrogen-bond acceptors (Lipinski definition) is 2. The first kappa shape index (κ1) is 12.9. The van der Waals surface area contributed by atoms with Gasteiger partial charge in [-0.3, -0.25) is 0 Å². The highest BCUT2D eigenvalue weighted by atomic mass is 16.3. The van der Waals surface area contributed by atoms with Crippen LogP contribution in [-0.4, -0.2) is 24.3 Å². The summed E-state index contributed by atoms with van der Waals surface area (Å²) in [4.78, 5) is 0. The Labute approximate surface area is 82.7 Å². The van der Waals surface area contributed by atoms with Crippen molar-refractivity contribution in [1.29, 1.82) is 0 Å². The standard InChI is InChI=1S/C11H25NO/c1-3-4-5-6-7-8-11(2)12-9-10-13/h11-13H,3-10H2,1-2H3/t11-/m0/s1. The van der Waals surface area contributed by atoms with E-state index in [0.29, 0.717) is 6.04 Å². The molecule has 0 bridgehead atoms. The summed E-state index contributed by atoms with van der Waals surface area (Å²) < 4.78 is 0. The second-order valence-corrected chi connectivity index (χ2v) is 3.78. The molecule has 1 atom stereocenters. The van der Waals surface area contributed by atoms with Crippen molar-refractivity contribution >= 4 is 0 Å². The minimum Gasteiger partial charge on any atom is -0.395 e. The number of aliphatic hydroxyl groups is 1. The second-order valence-electron chi connectivity index (χ2n) is 3.78. The van der Waals surface area contributed by atoms with Gasteiger partial charge < -0.3 is 10.4 Å². The highest BCUT2D eigenvalue weighted by Gasteiger charge is 1.99. The van der Waals surface area contributed by atoms with Gasteiger partial charge in [-0.2, -0.15) is 0 Å². The van der Waals surface area contributed by atoms with E-state index in [1.54, 1.807) is 0 Å². The lowest BCUT2D eigenvalue weighted by molar-refractivity contribution is 0.283. The summed E-state index contributed by atoms with van der Waals surface area (Å²) in [6.07, 6.45) is 7.99. The van der Waals surface area contributed by atoms with Crippen molar-refractivity contribution in [2.24, 2.45) is 0 Å². The van der Waals surface area contributed by atoms with Gasteiger partial charge in [0.15, 0.2) is 0 Å². The molecule has 0 aliphatic rings. The van der Waals surface area contributed by atoms with Gasteiger partial charge in [0.2, 0.25) is 0 Å². The van der Waals surface area contributed by atoms with E-state index in [2.05, 4.69) is 19.2 Å². The fourth-order valence-electron chi connectivity index (χ4n) is 1.47. The molecule has 13 heavy (non-hydrogen) atoms.